The topological polar surface area (TPSA) is 33.8 Å². The maximum absolute atomic E-state index is 9.35. The zero-order valence-electron chi connectivity index (χ0n) is 7.19. The second-order valence-corrected chi connectivity index (χ2v) is 2.37. The first-order valence-electron chi connectivity index (χ1n) is 3.68. The lowest BCUT2D eigenvalue weighted by Gasteiger charge is -2.02. The van der Waals surface area contributed by atoms with E-state index in [2.05, 4.69) is 4.85 Å². The lowest BCUT2D eigenvalue weighted by molar-refractivity contribution is 0.412. The normalized spacial score (nSPS) is 9.85. The summed E-state index contributed by atoms with van der Waals surface area (Å²) in [4.78, 5) is 3.05. The second-order valence-electron chi connectivity index (χ2n) is 2.37. The van der Waals surface area contributed by atoms with Crippen molar-refractivity contribution >= 4 is 6.08 Å². The molecule has 0 amide bonds. The molecular formula is C10H9NO2. The summed E-state index contributed by atoms with van der Waals surface area (Å²) in [5.74, 6) is 0.795. The third-order valence-corrected chi connectivity index (χ3v) is 1.56. The van der Waals surface area contributed by atoms with Crippen LogP contribution in [0.3, 0.4) is 0 Å². The zero-order chi connectivity index (χ0) is 9.68. The molecule has 0 saturated carbocycles. The van der Waals surface area contributed by atoms with E-state index in [-0.39, 0.29) is 5.75 Å². The van der Waals surface area contributed by atoms with E-state index in [1.807, 2.05) is 0 Å². The summed E-state index contributed by atoms with van der Waals surface area (Å²) in [5.41, 5.74) is 0.579. The molecule has 1 N–H and O–H groups in total. The van der Waals surface area contributed by atoms with Gasteiger partial charge in [0.25, 0.3) is 0 Å². The Morgan fingerprint density at radius 3 is 2.92 bits per heavy atom. The minimum absolute atomic E-state index is 0.140. The van der Waals surface area contributed by atoms with Crippen LogP contribution in [0.25, 0.3) is 10.9 Å². The monoisotopic (exact) mass is 175 g/mol. The molecule has 0 bridgehead atoms. The molecule has 13 heavy (non-hydrogen) atoms. The largest absolute Gasteiger partial charge is 0.507 e. The first kappa shape index (κ1) is 9.14. The van der Waals surface area contributed by atoms with Gasteiger partial charge in [0.15, 0.2) is 6.20 Å². The van der Waals surface area contributed by atoms with Crippen molar-refractivity contribution in [3.05, 3.63) is 41.4 Å². The van der Waals surface area contributed by atoms with Crippen molar-refractivity contribution < 1.29 is 9.84 Å². The summed E-state index contributed by atoms with van der Waals surface area (Å²) in [5, 5.41) is 9.35. The smallest absolute Gasteiger partial charge is 0.154 e. The molecule has 0 fully saturated rings. The number of phenols is 1. The summed E-state index contributed by atoms with van der Waals surface area (Å²) >= 11 is 0. The van der Waals surface area contributed by atoms with Crippen molar-refractivity contribution in [2.45, 2.75) is 0 Å². The fraction of sp³-hybridized carbons (Fsp3) is 0.100. The number of nitrogens with zero attached hydrogens (tertiary/aromatic N) is 1. The molecule has 1 aromatic rings. The quantitative estimate of drug-likeness (QED) is 0.699. The number of phenolic OH excluding ortho intramolecular Hbond substituents is 1. The van der Waals surface area contributed by atoms with Crippen molar-refractivity contribution in [1.82, 2.24) is 0 Å². The third-order valence-electron chi connectivity index (χ3n) is 1.56. The van der Waals surface area contributed by atoms with Gasteiger partial charge in [0.05, 0.1) is 13.7 Å². The van der Waals surface area contributed by atoms with Gasteiger partial charge in [-0.05, 0) is 18.2 Å². The van der Waals surface area contributed by atoms with Gasteiger partial charge in [-0.15, -0.1) is 0 Å². The van der Waals surface area contributed by atoms with Gasteiger partial charge in [-0.1, -0.05) is 6.08 Å². The number of aromatic hydroxyl groups is 1. The lowest BCUT2D eigenvalue weighted by Crippen LogP contribution is -1.83. The Bertz CT molecular complexity index is 364. The van der Waals surface area contributed by atoms with E-state index in [1.165, 1.54) is 18.3 Å². The Hall–Kier alpha value is -1.95. The van der Waals surface area contributed by atoms with Crippen LogP contribution in [0.4, 0.5) is 0 Å². The molecule has 0 aliphatic carbocycles. The Labute approximate surface area is 76.7 Å². The maximum atomic E-state index is 9.35. The molecule has 0 aliphatic heterocycles. The van der Waals surface area contributed by atoms with E-state index in [4.69, 9.17) is 11.3 Å². The Morgan fingerprint density at radius 1 is 1.54 bits per heavy atom. The van der Waals surface area contributed by atoms with Crippen LogP contribution in [0.15, 0.2) is 24.4 Å². The maximum Gasteiger partial charge on any atom is 0.154 e. The van der Waals surface area contributed by atoms with E-state index < -0.39 is 0 Å². The lowest BCUT2D eigenvalue weighted by atomic mass is 10.2. The molecule has 0 unspecified atom stereocenters. The molecule has 66 valence electrons. The fourth-order valence-corrected chi connectivity index (χ4v) is 0.911. The minimum Gasteiger partial charge on any atom is -0.507 e. The standard InChI is InChI=1S/C10H9NO2/c1-11-6-5-8-7-9(13-2)3-4-10(8)12/h3-7,12H,2H3/b6-5+. The van der Waals surface area contributed by atoms with Crippen molar-refractivity contribution in [1.29, 1.82) is 0 Å². The highest BCUT2D eigenvalue weighted by atomic mass is 16.5. The molecule has 3 heteroatoms. The first-order valence-corrected chi connectivity index (χ1v) is 3.68. The Kier molecular flexibility index (Phi) is 2.93. The molecule has 1 aromatic carbocycles. The van der Waals surface area contributed by atoms with Crippen molar-refractivity contribution in [2.24, 2.45) is 0 Å². The van der Waals surface area contributed by atoms with Gasteiger partial charge in [0.1, 0.15) is 11.5 Å². The summed E-state index contributed by atoms with van der Waals surface area (Å²) in [7, 11) is 1.55. The molecule has 3 nitrogen and oxygen atoms in total. The number of methoxy groups -OCH3 is 1. The fourth-order valence-electron chi connectivity index (χ4n) is 0.911. The highest BCUT2D eigenvalue weighted by Crippen LogP contribution is 2.23. The summed E-state index contributed by atoms with van der Waals surface area (Å²) in [6, 6.07) is 4.85. The first-order chi connectivity index (χ1) is 6.27. The van der Waals surface area contributed by atoms with Gasteiger partial charge in [-0.25, -0.2) is 4.85 Å². The highest BCUT2D eigenvalue weighted by molar-refractivity contribution is 5.59. The average Bonchev–Trinajstić information content (AvgIpc) is 2.17. The van der Waals surface area contributed by atoms with Gasteiger partial charge in [-0.3, -0.25) is 0 Å². The van der Waals surface area contributed by atoms with Crippen molar-refractivity contribution in [3.8, 4) is 11.5 Å². The third kappa shape index (κ3) is 2.24. The number of hydrogen-bond acceptors (Lipinski definition) is 2. The van der Waals surface area contributed by atoms with E-state index in [0.717, 1.165) is 0 Å². The van der Waals surface area contributed by atoms with E-state index in [1.54, 1.807) is 19.2 Å². The molecule has 1 rings (SSSR count). The Balaban J connectivity index is 3.05. The average molecular weight is 175 g/mol. The second kappa shape index (κ2) is 4.17. The van der Waals surface area contributed by atoms with Crippen LogP contribution in [0.1, 0.15) is 5.56 Å². The zero-order valence-corrected chi connectivity index (χ0v) is 7.19. The SMILES string of the molecule is [C-]#[N+]/C=C/c1cc(OC)ccc1O. The van der Waals surface area contributed by atoms with Gasteiger partial charge in [0.2, 0.25) is 0 Å². The molecule has 0 radical (unpaired) electrons. The molecular weight excluding hydrogens is 166 g/mol. The molecule has 0 spiro atoms. The molecule has 0 aromatic heterocycles. The van der Waals surface area contributed by atoms with Crippen molar-refractivity contribution in [2.75, 3.05) is 7.11 Å². The number of ether oxygens (including phenoxy) is 1. The van der Waals surface area contributed by atoms with Gasteiger partial charge in [0, 0.05) is 5.56 Å². The summed E-state index contributed by atoms with van der Waals surface area (Å²) < 4.78 is 4.97. The van der Waals surface area contributed by atoms with E-state index in [0.29, 0.717) is 11.3 Å². The van der Waals surface area contributed by atoms with Crippen molar-refractivity contribution in [3.63, 3.8) is 0 Å². The molecule has 0 heterocycles. The van der Waals surface area contributed by atoms with Gasteiger partial charge in [-0.2, -0.15) is 0 Å². The van der Waals surface area contributed by atoms with Gasteiger partial charge >= 0.3 is 0 Å². The summed E-state index contributed by atoms with van der Waals surface area (Å²) in [6.07, 6.45) is 2.82. The predicted molar refractivity (Wildman–Crippen MR) is 50.3 cm³/mol. The predicted octanol–water partition coefficient (Wildman–Crippen LogP) is 2.29. The van der Waals surface area contributed by atoms with Gasteiger partial charge < -0.3 is 9.84 Å². The number of benzene rings is 1. The van der Waals surface area contributed by atoms with Crippen LogP contribution in [0.2, 0.25) is 0 Å². The van der Waals surface area contributed by atoms with Crippen LogP contribution < -0.4 is 4.74 Å². The number of rotatable bonds is 2. The Morgan fingerprint density at radius 2 is 2.31 bits per heavy atom. The van der Waals surface area contributed by atoms with Crippen LogP contribution in [-0.2, 0) is 0 Å². The van der Waals surface area contributed by atoms with Crippen LogP contribution in [0.5, 0.6) is 11.5 Å². The minimum atomic E-state index is 0.140. The molecule has 0 atom stereocenters. The van der Waals surface area contributed by atoms with Crippen LogP contribution in [0, 0.1) is 6.57 Å². The highest BCUT2D eigenvalue weighted by Gasteiger charge is 1.98. The van der Waals surface area contributed by atoms with E-state index in [9.17, 15) is 5.11 Å². The van der Waals surface area contributed by atoms with Crippen LogP contribution in [-0.4, -0.2) is 12.2 Å². The molecule has 0 saturated heterocycles. The van der Waals surface area contributed by atoms with Crippen LogP contribution >= 0.6 is 0 Å². The van der Waals surface area contributed by atoms with E-state index >= 15 is 0 Å². The molecule has 0 aliphatic rings. The number of hydrogen-bond donors (Lipinski definition) is 1. The summed E-state index contributed by atoms with van der Waals surface area (Å²) in [6.45, 7) is 6.55.